The van der Waals surface area contributed by atoms with E-state index < -0.39 is 11.9 Å². The van der Waals surface area contributed by atoms with Crippen molar-refractivity contribution >= 4 is 34.5 Å². The van der Waals surface area contributed by atoms with Gasteiger partial charge in [0.15, 0.2) is 0 Å². The molecule has 7 heteroatoms. The Hall–Kier alpha value is -1.99. The molecule has 0 unspecified atom stereocenters. The summed E-state index contributed by atoms with van der Waals surface area (Å²) in [7, 11) is 0. The van der Waals surface area contributed by atoms with Crippen molar-refractivity contribution < 1.29 is 14.7 Å². The van der Waals surface area contributed by atoms with Gasteiger partial charge in [-0.1, -0.05) is 18.2 Å². The van der Waals surface area contributed by atoms with E-state index in [0.717, 1.165) is 21.5 Å². The van der Waals surface area contributed by atoms with Crippen molar-refractivity contribution in [2.75, 3.05) is 12.4 Å². The molecule has 1 aromatic carbocycles. The molecule has 0 radical (unpaired) electrons. The standard InChI is InChI=1S/C15H19N3O3S/c1-9(20)17-13(14(16)21)8-11-10-4-2-3-5-12(10)18-15(11)22-7-6-19/h2-5,13,18-19H,6-8H2,1H3,(H2,16,21)(H,17,20)/t13-/m0/s1. The number of para-hydroxylation sites is 1. The van der Waals surface area contributed by atoms with E-state index >= 15 is 0 Å². The summed E-state index contributed by atoms with van der Waals surface area (Å²) in [5.41, 5.74) is 7.26. The zero-order valence-electron chi connectivity index (χ0n) is 12.3. The average Bonchev–Trinajstić information content (AvgIpc) is 2.82. The highest BCUT2D eigenvalue weighted by Gasteiger charge is 2.21. The lowest BCUT2D eigenvalue weighted by Crippen LogP contribution is -2.45. The van der Waals surface area contributed by atoms with Gasteiger partial charge in [0.1, 0.15) is 6.04 Å². The number of carbonyl (C=O) groups is 2. The first kappa shape index (κ1) is 16.4. The Morgan fingerprint density at radius 2 is 2.14 bits per heavy atom. The molecular formula is C15H19N3O3S. The molecule has 1 heterocycles. The number of thioether (sulfide) groups is 1. The van der Waals surface area contributed by atoms with Gasteiger partial charge in [0.05, 0.1) is 11.6 Å². The zero-order chi connectivity index (χ0) is 16.1. The van der Waals surface area contributed by atoms with Gasteiger partial charge >= 0.3 is 0 Å². The predicted molar refractivity (Wildman–Crippen MR) is 86.6 cm³/mol. The van der Waals surface area contributed by atoms with E-state index in [0.29, 0.717) is 12.2 Å². The molecular weight excluding hydrogens is 302 g/mol. The van der Waals surface area contributed by atoms with Crippen LogP contribution in [0.2, 0.25) is 0 Å². The van der Waals surface area contributed by atoms with Gasteiger partial charge in [-0.15, -0.1) is 11.8 Å². The van der Waals surface area contributed by atoms with Crippen LogP contribution in [0, 0.1) is 0 Å². The number of aliphatic hydroxyl groups excluding tert-OH is 1. The first-order valence-electron chi connectivity index (χ1n) is 6.92. The Morgan fingerprint density at radius 3 is 2.77 bits per heavy atom. The molecule has 22 heavy (non-hydrogen) atoms. The third kappa shape index (κ3) is 3.80. The molecule has 0 saturated carbocycles. The third-order valence-electron chi connectivity index (χ3n) is 3.24. The topological polar surface area (TPSA) is 108 Å². The highest BCUT2D eigenvalue weighted by molar-refractivity contribution is 7.99. The summed E-state index contributed by atoms with van der Waals surface area (Å²) in [5.74, 6) is -0.326. The number of aromatic nitrogens is 1. The maximum Gasteiger partial charge on any atom is 0.240 e. The molecule has 0 saturated heterocycles. The van der Waals surface area contributed by atoms with Crippen LogP contribution in [0.15, 0.2) is 29.3 Å². The minimum Gasteiger partial charge on any atom is -0.396 e. The second-order valence-corrected chi connectivity index (χ2v) is 6.02. The van der Waals surface area contributed by atoms with Crippen LogP contribution in [0.5, 0.6) is 0 Å². The van der Waals surface area contributed by atoms with E-state index in [1.54, 1.807) is 0 Å². The number of hydrogen-bond donors (Lipinski definition) is 4. The lowest BCUT2D eigenvalue weighted by Gasteiger charge is -2.15. The highest BCUT2D eigenvalue weighted by atomic mass is 32.2. The first-order chi connectivity index (χ1) is 10.5. The van der Waals surface area contributed by atoms with Gasteiger partial charge in [0.2, 0.25) is 11.8 Å². The Kier molecular flexibility index (Phi) is 5.46. The summed E-state index contributed by atoms with van der Waals surface area (Å²) in [5, 5.41) is 13.5. The molecule has 0 aliphatic carbocycles. The van der Waals surface area contributed by atoms with Gasteiger partial charge in [-0.3, -0.25) is 9.59 Å². The molecule has 2 aromatic rings. The summed E-state index contributed by atoms with van der Waals surface area (Å²) < 4.78 is 0. The molecule has 0 spiro atoms. The fraction of sp³-hybridized carbons (Fsp3) is 0.333. The number of nitrogens with two attached hydrogens (primary N) is 1. The lowest BCUT2D eigenvalue weighted by atomic mass is 10.0. The van der Waals surface area contributed by atoms with Crippen LogP contribution in [-0.4, -0.2) is 40.3 Å². The largest absolute Gasteiger partial charge is 0.396 e. The van der Waals surface area contributed by atoms with Gasteiger partial charge in [0, 0.05) is 30.0 Å². The van der Waals surface area contributed by atoms with Gasteiger partial charge in [-0.2, -0.15) is 0 Å². The van der Waals surface area contributed by atoms with Crippen molar-refractivity contribution in [1.29, 1.82) is 0 Å². The van der Waals surface area contributed by atoms with E-state index in [1.165, 1.54) is 18.7 Å². The first-order valence-corrected chi connectivity index (χ1v) is 7.91. The van der Waals surface area contributed by atoms with Crippen LogP contribution in [0.1, 0.15) is 12.5 Å². The van der Waals surface area contributed by atoms with Crippen LogP contribution >= 0.6 is 11.8 Å². The lowest BCUT2D eigenvalue weighted by molar-refractivity contribution is -0.126. The van der Waals surface area contributed by atoms with Crippen molar-refractivity contribution in [3.8, 4) is 0 Å². The van der Waals surface area contributed by atoms with Crippen LogP contribution < -0.4 is 11.1 Å². The van der Waals surface area contributed by atoms with E-state index in [9.17, 15) is 9.59 Å². The van der Waals surface area contributed by atoms with Gasteiger partial charge in [-0.25, -0.2) is 0 Å². The fourth-order valence-electron chi connectivity index (χ4n) is 2.32. The third-order valence-corrected chi connectivity index (χ3v) is 4.27. The molecule has 0 bridgehead atoms. The molecule has 118 valence electrons. The number of amides is 2. The van der Waals surface area contributed by atoms with Crippen LogP contribution in [0.4, 0.5) is 0 Å². The molecule has 5 N–H and O–H groups in total. The van der Waals surface area contributed by atoms with Crippen molar-refractivity contribution in [3.05, 3.63) is 29.8 Å². The van der Waals surface area contributed by atoms with E-state index in [4.69, 9.17) is 10.8 Å². The van der Waals surface area contributed by atoms with Crippen molar-refractivity contribution in [2.45, 2.75) is 24.4 Å². The van der Waals surface area contributed by atoms with E-state index in [2.05, 4.69) is 10.3 Å². The molecule has 1 aromatic heterocycles. The Balaban J connectivity index is 2.37. The second-order valence-electron chi connectivity index (χ2n) is 4.91. The minimum atomic E-state index is -0.759. The zero-order valence-corrected chi connectivity index (χ0v) is 13.1. The molecule has 6 nitrogen and oxygen atoms in total. The summed E-state index contributed by atoms with van der Waals surface area (Å²) >= 11 is 1.47. The number of primary amides is 1. The molecule has 2 amide bonds. The number of carbonyl (C=O) groups excluding carboxylic acids is 2. The van der Waals surface area contributed by atoms with Crippen molar-refractivity contribution in [3.63, 3.8) is 0 Å². The summed E-state index contributed by atoms with van der Waals surface area (Å²) in [6, 6.07) is 6.97. The van der Waals surface area contributed by atoms with E-state index in [1.807, 2.05) is 24.3 Å². The van der Waals surface area contributed by atoms with Crippen LogP contribution in [0.3, 0.4) is 0 Å². The number of nitrogens with one attached hydrogen (secondary N) is 2. The number of hydrogen-bond acceptors (Lipinski definition) is 4. The molecule has 0 fully saturated rings. The fourth-order valence-corrected chi connectivity index (χ4v) is 3.17. The Morgan fingerprint density at radius 1 is 1.41 bits per heavy atom. The van der Waals surface area contributed by atoms with Crippen LogP contribution in [0.25, 0.3) is 10.9 Å². The van der Waals surface area contributed by atoms with Gasteiger partial charge in [0.25, 0.3) is 0 Å². The van der Waals surface area contributed by atoms with Crippen molar-refractivity contribution in [2.24, 2.45) is 5.73 Å². The summed E-state index contributed by atoms with van der Waals surface area (Å²) in [6.45, 7) is 1.41. The van der Waals surface area contributed by atoms with Gasteiger partial charge < -0.3 is 21.1 Å². The number of rotatable bonds is 7. The predicted octanol–water partition coefficient (Wildman–Crippen LogP) is 0.785. The molecule has 2 rings (SSSR count). The second kappa shape index (κ2) is 7.33. The Labute approximate surface area is 132 Å². The molecule has 0 aliphatic heterocycles. The summed E-state index contributed by atoms with van der Waals surface area (Å²) in [4.78, 5) is 26.1. The SMILES string of the molecule is CC(=O)N[C@@H](Cc1c(SCCO)[nH]c2ccccc12)C(N)=O. The maximum atomic E-state index is 11.6. The number of benzene rings is 1. The normalized spacial score (nSPS) is 12.3. The molecule has 0 aliphatic rings. The average molecular weight is 321 g/mol. The molecule has 1 atom stereocenters. The minimum absolute atomic E-state index is 0.0599. The van der Waals surface area contributed by atoms with E-state index in [-0.39, 0.29) is 12.5 Å². The maximum absolute atomic E-state index is 11.6. The number of H-pyrrole nitrogens is 1. The summed E-state index contributed by atoms with van der Waals surface area (Å²) in [6.07, 6.45) is 0.312. The van der Waals surface area contributed by atoms with Crippen molar-refractivity contribution in [1.82, 2.24) is 10.3 Å². The Bertz CT molecular complexity index is 684. The van der Waals surface area contributed by atoms with Crippen LogP contribution in [-0.2, 0) is 16.0 Å². The van der Waals surface area contributed by atoms with Gasteiger partial charge in [-0.05, 0) is 11.6 Å². The monoisotopic (exact) mass is 321 g/mol. The number of fused-ring (bicyclic) bond motifs is 1. The quantitative estimate of drug-likeness (QED) is 0.565. The highest BCUT2D eigenvalue weighted by Crippen LogP contribution is 2.30. The number of aromatic amines is 1. The smallest absolute Gasteiger partial charge is 0.240 e. The number of aliphatic hydroxyl groups is 1.